The molecule has 4 heteroatoms. The smallest absolute Gasteiger partial charge is 0.290 e. The maximum Gasteiger partial charge on any atom is 0.290 e. The Morgan fingerprint density at radius 3 is 2.33 bits per heavy atom. The third kappa shape index (κ3) is 3.48. The van der Waals surface area contributed by atoms with E-state index < -0.39 is 5.91 Å². The molecule has 0 aromatic heterocycles. The highest BCUT2D eigenvalue weighted by Gasteiger charge is 2.14. The number of hydrogen-bond donors (Lipinski definition) is 0. The second-order valence-electron chi connectivity index (χ2n) is 4.91. The molecule has 0 unspecified atom stereocenters. The summed E-state index contributed by atoms with van der Waals surface area (Å²) in [6.07, 6.45) is 0.285. The van der Waals surface area contributed by atoms with Crippen molar-refractivity contribution in [2.45, 2.75) is 13.8 Å². The van der Waals surface area contributed by atoms with E-state index >= 15 is 0 Å². The minimum Gasteiger partial charge on any atom is -0.455 e. The minimum atomic E-state index is -0.619. The highest BCUT2D eigenvalue weighted by Crippen LogP contribution is 2.32. The van der Waals surface area contributed by atoms with Gasteiger partial charge < -0.3 is 9.64 Å². The number of nitrogens with zero attached hydrogens (tertiary/aromatic N) is 1. The van der Waals surface area contributed by atoms with Gasteiger partial charge in [-0.3, -0.25) is 9.59 Å². The number of carbonyl (C=O) groups is 2. The summed E-state index contributed by atoms with van der Waals surface area (Å²) in [5.41, 5.74) is 2.74. The van der Waals surface area contributed by atoms with E-state index in [1.54, 1.807) is 25.2 Å². The van der Waals surface area contributed by atoms with Crippen LogP contribution >= 0.6 is 0 Å². The van der Waals surface area contributed by atoms with E-state index in [9.17, 15) is 9.59 Å². The molecule has 0 aliphatic heterocycles. The van der Waals surface area contributed by atoms with Crippen LogP contribution in [0.5, 0.6) is 11.5 Å². The summed E-state index contributed by atoms with van der Waals surface area (Å²) in [5, 5.41) is 0. The normalized spacial score (nSPS) is 10.0. The summed E-state index contributed by atoms with van der Waals surface area (Å²) in [6.45, 7) is 3.99. The van der Waals surface area contributed by atoms with E-state index in [2.05, 4.69) is 6.07 Å². The van der Waals surface area contributed by atoms with Gasteiger partial charge in [-0.2, -0.15) is 0 Å². The van der Waals surface area contributed by atoms with Crippen LogP contribution in [0.4, 0.5) is 5.69 Å². The molecule has 4 nitrogen and oxygen atoms in total. The Labute approximate surface area is 124 Å². The number of likely N-dealkylation sites (N-methyl/N-ethyl adjacent to an activating group) is 1. The van der Waals surface area contributed by atoms with Crippen LogP contribution in [0.25, 0.3) is 0 Å². The SMILES string of the molecule is Cc1cc(C)cc(Oc2ccccc2N(C)C(=O)C=O)c1. The van der Waals surface area contributed by atoms with Crippen LogP contribution in [0, 0.1) is 13.8 Å². The molecule has 0 aliphatic carbocycles. The van der Waals surface area contributed by atoms with Gasteiger partial charge in [-0.15, -0.1) is 0 Å². The van der Waals surface area contributed by atoms with Crippen LogP contribution in [0.15, 0.2) is 42.5 Å². The zero-order valence-electron chi connectivity index (χ0n) is 12.3. The lowest BCUT2D eigenvalue weighted by molar-refractivity contribution is -0.129. The summed E-state index contributed by atoms with van der Waals surface area (Å²) in [5.74, 6) is 0.610. The van der Waals surface area contributed by atoms with Gasteiger partial charge in [0.05, 0.1) is 5.69 Å². The summed E-state index contributed by atoms with van der Waals surface area (Å²) < 4.78 is 5.88. The zero-order chi connectivity index (χ0) is 15.4. The van der Waals surface area contributed by atoms with Gasteiger partial charge in [0.1, 0.15) is 5.75 Å². The Morgan fingerprint density at radius 1 is 1.10 bits per heavy atom. The topological polar surface area (TPSA) is 46.6 Å². The number of ether oxygens (including phenoxy) is 1. The monoisotopic (exact) mass is 283 g/mol. The molecule has 0 fully saturated rings. The summed E-state index contributed by atoms with van der Waals surface area (Å²) in [6, 6.07) is 13.0. The predicted octanol–water partition coefficient (Wildman–Crippen LogP) is 3.26. The quantitative estimate of drug-likeness (QED) is 0.639. The highest BCUT2D eigenvalue weighted by molar-refractivity contribution is 6.30. The lowest BCUT2D eigenvalue weighted by atomic mass is 10.1. The van der Waals surface area contributed by atoms with Crippen LogP contribution in [-0.2, 0) is 9.59 Å². The van der Waals surface area contributed by atoms with E-state index in [4.69, 9.17) is 4.74 Å². The first-order valence-electron chi connectivity index (χ1n) is 6.59. The first-order valence-corrected chi connectivity index (χ1v) is 6.59. The lowest BCUT2D eigenvalue weighted by Gasteiger charge is -2.18. The molecule has 2 rings (SSSR count). The van der Waals surface area contributed by atoms with E-state index in [0.29, 0.717) is 17.2 Å². The molecule has 0 heterocycles. The first-order chi connectivity index (χ1) is 10.0. The molecule has 0 aliphatic rings. The molecule has 2 aromatic carbocycles. The van der Waals surface area contributed by atoms with Crippen molar-refractivity contribution in [3.05, 3.63) is 53.6 Å². The number of aryl methyl sites for hydroxylation is 2. The van der Waals surface area contributed by atoms with Gasteiger partial charge >= 0.3 is 0 Å². The number of para-hydroxylation sites is 2. The molecular formula is C17H17NO3. The molecule has 0 radical (unpaired) electrons. The van der Waals surface area contributed by atoms with Crippen LogP contribution in [0.1, 0.15) is 11.1 Å². The number of hydrogen-bond acceptors (Lipinski definition) is 3. The third-order valence-corrected chi connectivity index (χ3v) is 3.08. The van der Waals surface area contributed by atoms with Gasteiger partial charge in [0.2, 0.25) is 6.29 Å². The van der Waals surface area contributed by atoms with Crippen molar-refractivity contribution in [3.63, 3.8) is 0 Å². The molecular weight excluding hydrogens is 266 g/mol. The number of benzene rings is 2. The maximum absolute atomic E-state index is 11.5. The fourth-order valence-electron chi connectivity index (χ4n) is 2.14. The number of aldehydes is 1. The highest BCUT2D eigenvalue weighted by atomic mass is 16.5. The predicted molar refractivity (Wildman–Crippen MR) is 81.9 cm³/mol. The van der Waals surface area contributed by atoms with Crippen LogP contribution < -0.4 is 9.64 Å². The van der Waals surface area contributed by atoms with Crippen molar-refractivity contribution in [2.24, 2.45) is 0 Å². The largest absolute Gasteiger partial charge is 0.455 e. The van der Waals surface area contributed by atoms with Crippen molar-refractivity contribution in [3.8, 4) is 11.5 Å². The molecule has 108 valence electrons. The standard InChI is InChI=1S/C17H17NO3/c1-12-8-13(2)10-14(9-12)21-16-7-5-4-6-15(16)18(3)17(20)11-19/h4-11H,1-3H3. The molecule has 0 N–H and O–H groups in total. The van der Waals surface area contributed by atoms with Gasteiger partial charge in [-0.25, -0.2) is 0 Å². The number of carbonyl (C=O) groups excluding carboxylic acids is 2. The van der Waals surface area contributed by atoms with Crippen LogP contribution in [0.2, 0.25) is 0 Å². The molecule has 0 saturated carbocycles. The molecule has 21 heavy (non-hydrogen) atoms. The molecule has 1 amide bonds. The average Bonchev–Trinajstić information content (AvgIpc) is 2.45. The Hall–Kier alpha value is -2.62. The second-order valence-corrected chi connectivity index (χ2v) is 4.91. The van der Waals surface area contributed by atoms with Crippen LogP contribution in [-0.4, -0.2) is 19.2 Å². The Bertz CT molecular complexity index is 659. The van der Waals surface area contributed by atoms with Gasteiger partial charge in [0, 0.05) is 7.05 Å². The number of rotatable bonds is 4. The Kier molecular flexibility index (Phi) is 4.38. The van der Waals surface area contributed by atoms with Crippen LogP contribution in [0.3, 0.4) is 0 Å². The zero-order valence-corrected chi connectivity index (χ0v) is 12.3. The first kappa shape index (κ1) is 14.8. The van der Waals surface area contributed by atoms with Gasteiger partial charge in [0.15, 0.2) is 5.75 Å². The molecule has 0 saturated heterocycles. The van der Waals surface area contributed by atoms with Crippen molar-refractivity contribution in [2.75, 3.05) is 11.9 Å². The van der Waals surface area contributed by atoms with E-state index in [1.807, 2.05) is 32.0 Å². The van der Waals surface area contributed by atoms with Crippen molar-refractivity contribution in [1.29, 1.82) is 0 Å². The fraction of sp³-hybridized carbons (Fsp3) is 0.176. The lowest BCUT2D eigenvalue weighted by Crippen LogP contribution is -2.27. The van der Waals surface area contributed by atoms with E-state index in [-0.39, 0.29) is 6.29 Å². The third-order valence-electron chi connectivity index (χ3n) is 3.08. The molecule has 0 atom stereocenters. The molecule has 2 aromatic rings. The van der Waals surface area contributed by atoms with Crippen molar-refractivity contribution < 1.29 is 14.3 Å². The second kappa shape index (κ2) is 6.22. The number of amides is 1. The van der Waals surface area contributed by atoms with Crippen molar-refractivity contribution >= 4 is 17.9 Å². The molecule has 0 bridgehead atoms. The Morgan fingerprint density at radius 2 is 1.71 bits per heavy atom. The van der Waals surface area contributed by atoms with Gasteiger partial charge in [-0.05, 0) is 49.2 Å². The summed E-state index contributed by atoms with van der Waals surface area (Å²) >= 11 is 0. The Balaban J connectivity index is 2.36. The average molecular weight is 283 g/mol. The summed E-state index contributed by atoms with van der Waals surface area (Å²) in [7, 11) is 1.54. The summed E-state index contributed by atoms with van der Waals surface area (Å²) in [4.78, 5) is 23.4. The number of anilines is 1. The van der Waals surface area contributed by atoms with E-state index in [0.717, 1.165) is 11.1 Å². The fourth-order valence-corrected chi connectivity index (χ4v) is 2.14. The van der Waals surface area contributed by atoms with Gasteiger partial charge in [0.25, 0.3) is 5.91 Å². The van der Waals surface area contributed by atoms with Gasteiger partial charge in [-0.1, -0.05) is 18.2 Å². The minimum absolute atomic E-state index is 0.285. The maximum atomic E-state index is 11.5. The van der Waals surface area contributed by atoms with E-state index in [1.165, 1.54) is 4.90 Å². The molecule has 0 spiro atoms. The van der Waals surface area contributed by atoms with Crippen molar-refractivity contribution in [1.82, 2.24) is 0 Å².